The van der Waals surface area contributed by atoms with Crippen LogP contribution in [0.25, 0.3) is 71.9 Å². The Bertz CT molecular complexity index is 2570. The second kappa shape index (κ2) is 13.9. The quantitative estimate of drug-likeness (QED) is 0.166. The normalized spacial score (nSPS) is 10.7. The summed E-state index contributed by atoms with van der Waals surface area (Å²) in [6.45, 7) is 0. The number of para-hydroxylation sites is 1. The van der Waals surface area contributed by atoms with Gasteiger partial charge in [0.2, 0.25) is 0 Å². The van der Waals surface area contributed by atoms with Crippen molar-refractivity contribution in [3.8, 4) is 45.3 Å². The summed E-state index contributed by atoms with van der Waals surface area (Å²) in [6.07, 6.45) is 5.79. The SMILES string of the molecule is N#Cc1ccc2oc3c(-c4cc5ccccc5cn4)[c-]ccc3c2c1.[Ir].[c-]1ccccc1-n1cc(-c2ccc(-c3ccccc3)cc2)cn1. The number of nitrogens with zero attached hydrogens (tertiary/aromatic N) is 4. The minimum absolute atomic E-state index is 0. The number of furan rings is 1. The smallest absolute Gasteiger partial charge is 0.121 e. The molecule has 0 N–H and O–H groups in total. The number of fused-ring (bicyclic) bond motifs is 4. The maximum absolute atomic E-state index is 9.14. The Labute approximate surface area is 297 Å². The van der Waals surface area contributed by atoms with Crippen molar-refractivity contribution in [2.45, 2.75) is 0 Å². The van der Waals surface area contributed by atoms with E-state index in [9.17, 15) is 0 Å². The van der Waals surface area contributed by atoms with E-state index in [0.29, 0.717) is 5.56 Å². The zero-order chi connectivity index (χ0) is 32.3. The summed E-state index contributed by atoms with van der Waals surface area (Å²) in [5.41, 5.74) is 9.43. The first-order valence-electron chi connectivity index (χ1n) is 15.5. The van der Waals surface area contributed by atoms with Gasteiger partial charge in [-0.2, -0.15) is 34.6 Å². The molecule has 6 heteroatoms. The Morgan fingerprint density at radius 1 is 0.633 bits per heavy atom. The van der Waals surface area contributed by atoms with Crippen LogP contribution in [0, 0.1) is 23.5 Å². The predicted octanol–water partition coefficient (Wildman–Crippen LogP) is 10.5. The van der Waals surface area contributed by atoms with Gasteiger partial charge in [0, 0.05) is 43.4 Å². The molecule has 3 heterocycles. The van der Waals surface area contributed by atoms with Crippen molar-refractivity contribution in [3.05, 3.63) is 176 Å². The monoisotopic (exact) mass is 807 g/mol. The topological polar surface area (TPSA) is 67.6 Å². The third kappa shape index (κ3) is 6.42. The Balaban J connectivity index is 0.000000152. The fourth-order valence-electron chi connectivity index (χ4n) is 5.84. The summed E-state index contributed by atoms with van der Waals surface area (Å²) in [7, 11) is 0. The van der Waals surface area contributed by atoms with E-state index >= 15 is 0 Å². The molecule has 0 aliphatic rings. The first kappa shape index (κ1) is 31.5. The van der Waals surface area contributed by atoms with Gasteiger partial charge < -0.3 is 9.40 Å². The molecular weight excluding hydrogens is 781 g/mol. The number of aromatic nitrogens is 3. The van der Waals surface area contributed by atoms with Crippen molar-refractivity contribution in [3.63, 3.8) is 0 Å². The van der Waals surface area contributed by atoms with E-state index < -0.39 is 0 Å². The maximum atomic E-state index is 9.14. The van der Waals surface area contributed by atoms with Crippen LogP contribution < -0.4 is 0 Å². The van der Waals surface area contributed by atoms with Crippen molar-refractivity contribution in [2.75, 3.05) is 0 Å². The third-order valence-electron chi connectivity index (χ3n) is 8.29. The van der Waals surface area contributed by atoms with Gasteiger partial charge in [-0.15, -0.1) is 24.3 Å². The summed E-state index contributed by atoms with van der Waals surface area (Å²) in [6, 6.07) is 54.9. The van der Waals surface area contributed by atoms with Gasteiger partial charge in [0.1, 0.15) is 5.58 Å². The van der Waals surface area contributed by atoms with Gasteiger partial charge in [0.25, 0.3) is 0 Å². The standard InChI is InChI=1S/C22H11N2O.C21H15N2.Ir/c23-12-14-8-9-21-19(10-14)17-6-3-7-18(22(17)25-21)20-11-15-4-1-2-5-16(15)13-24-20;1-3-7-17(8-4-1)18-11-13-19(14-12-18)20-15-22-23(16-20)21-9-5-2-6-10-21;/h1-6,8-11,13H;1-9,11-16H;/q2*-1;. The molecule has 0 unspecified atom stereocenters. The molecule has 1 radical (unpaired) electrons. The number of nitriles is 1. The Kier molecular flexibility index (Phi) is 8.95. The van der Waals surface area contributed by atoms with Crippen LogP contribution in [0.1, 0.15) is 5.56 Å². The van der Waals surface area contributed by atoms with Crippen molar-refractivity contribution in [1.82, 2.24) is 14.8 Å². The van der Waals surface area contributed by atoms with E-state index in [0.717, 1.165) is 60.8 Å². The van der Waals surface area contributed by atoms with Crippen LogP contribution in [0.4, 0.5) is 0 Å². The molecule has 6 aromatic carbocycles. The molecule has 0 saturated carbocycles. The van der Waals surface area contributed by atoms with Crippen LogP contribution in [-0.2, 0) is 20.1 Å². The van der Waals surface area contributed by atoms with E-state index in [1.165, 1.54) is 11.1 Å². The van der Waals surface area contributed by atoms with Crippen molar-refractivity contribution < 1.29 is 24.5 Å². The number of rotatable bonds is 4. The van der Waals surface area contributed by atoms with E-state index in [1.807, 2.05) is 96.1 Å². The summed E-state index contributed by atoms with van der Waals surface area (Å²) in [4.78, 5) is 4.59. The van der Waals surface area contributed by atoms with Gasteiger partial charge in [-0.05, 0) is 57.0 Å². The molecule has 9 aromatic rings. The molecule has 0 atom stereocenters. The molecule has 9 rings (SSSR count). The minimum Gasteiger partial charge on any atom is -0.501 e. The molecule has 0 bridgehead atoms. The number of benzene rings is 6. The summed E-state index contributed by atoms with van der Waals surface area (Å²) in [5.74, 6) is 0. The largest absolute Gasteiger partial charge is 0.501 e. The second-order valence-electron chi connectivity index (χ2n) is 11.3. The Morgan fingerprint density at radius 2 is 1.37 bits per heavy atom. The molecule has 5 nitrogen and oxygen atoms in total. The van der Waals surface area contributed by atoms with E-state index in [4.69, 9.17) is 9.68 Å². The van der Waals surface area contributed by atoms with Gasteiger partial charge in [0.15, 0.2) is 0 Å². The molecule has 0 aliphatic carbocycles. The van der Waals surface area contributed by atoms with Crippen LogP contribution in [0.15, 0.2) is 163 Å². The average Bonchev–Trinajstić information content (AvgIpc) is 3.81. The fraction of sp³-hybridized carbons (Fsp3) is 0. The van der Waals surface area contributed by atoms with Gasteiger partial charge in [-0.25, -0.2) is 0 Å². The summed E-state index contributed by atoms with van der Waals surface area (Å²) >= 11 is 0. The number of hydrogen-bond acceptors (Lipinski definition) is 4. The van der Waals surface area contributed by atoms with E-state index in [2.05, 4.69) is 88.9 Å². The van der Waals surface area contributed by atoms with Crippen molar-refractivity contribution >= 4 is 32.7 Å². The molecule has 0 saturated heterocycles. The van der Waals surface area contributed by atoms with Gasteiger partial charge >= 0.3 is 0 Å². The minimum atomic E-state index is 0. The van der Waals surface area contributed by atoms with Crippen LogP contribution in [-0.4, -0.2) is 14.8 Å². The van der Waals surface area contributed by atoms with Crippen LogP contribution in [0.3, 0.4) is 0 Å². The van der Waals surface area contributed by atoms with Crippen LogP contribution in [0.2, 0.25) is 0 Å². The van der Waals surface area contributed by atoms with Crippen molar-refractivity contribution in [1.29, 1.82) is 5.26 Å². The molecule has 0 aliphatic heterocycles. The third-order valence-corrected chi connectivity index (χ3v) is 8.29. The number of pyridine rings is 1. The second-order valence-corrected chi connectivity index (χ2v) is 11.3. The average molecular weight is 807 g/mol. The van der Waals surface area contributed by atoms with Gasteiger partial charge in [0.05, 0.1) is 23.4 Å². The molecular formula is C43H26IrN4O-2. The first-order chi connectivity index (χ1) is 23.7. The zero-order valence-corrected chi connectivity index (χ0v) is 28.4. The van der Waals surface area contributed by atoms with Gasteiger partial charge in [-0.1, -0.05) is 95.9 Å². The van der Waals surface area contributed by atoms with E-state index in [1.54, 1.807) is 6.07 Å². The Morgan fingerprint density at radius 3 is 2.14 bits per heavy atom. The van der Waals surface area contributed by atoms with Crippen molar-refractivity contribution in [2.24, 2.45) is 0 Å². The predicted molar refractivity (Wildman–Crippen MR) is 191 cm³/mol. The number of hydrogen-bond donors (Lipinski definition) is 0. The summed E-state index contributed by atoms with van der Waals surface area (Å²) < 4.78 is 7.92. The van der Waals surface area contributed by atoms with Gasteiger partial charge in [-0.3, -0.25) is 4.68 Å². The molecule has 3 aromatic heterocycles. The molecule has 0 fully saturated rings. The zero-order valence-electron chi connectivity index (χ0n) is 26.0. The fourth-order valence-corrected chi connectivity index (χ4v) is 5.84. The summed E-state index contributed by atoms with van der Waals surface area (Å²) in [5, 5.41) is 17.7. The molecule has 49 heavy (non-hydrogen) atoms. The van der Waals surface area contributed by atoms with E-state index in [-0.39, 0.29) is 20.1 Å². The van der Waals surface area contributed by atoms with Crippen LogP contribution in [0.5, 0.6) is 0 Å². The molecule has 0 amide bonds. The molecule has 235 valence electrons. The first-order valence-corrected chi connectivity index (χ1v) is 15.5. The Hall–Kier alpha value is -6.12. The molecule has 0 spiro atoms. The maximum Gasteiger partial charge on any atom is 0.121 e. The van der Waals surface area contributed by atoms with Crippen LogP contribution >= 0.6 is 0 Å².